The fourth-order valence-corrected chi connectivity index (χ4v) is 2.70. The number of likely N-dealkylation sites (tertiary alicyclic amines) is 1. The second-order valence-corrected chi connectivity index (χ2v) is 5.37. The first-order valence-corrected chi connectivity index (χ1v) is 6.77. The molecule has 2 saturated heterocycles. The fourth-order valence-electron chi connectivity index (χ4n) is 2.70. The van der Waals surface area contributed by atoms with Crippen molar-refractivity contribution in [3.05, 3.63) is 35.9 Å². The summed E-state index contributed by atoms with van der Waals surface area (Å²) in [6.07, 6.45) is 0.431. The molecular weight excluding hydrogens is 258 g/mol. The van der Waals surface area contributed by atoms with E-state index in [0.29, 0.717) is 32.6 Å². The predicted octanol–water partition coefficient (Wildman–Crippen LogP) is 1.76. The molecular formula is C15H17NO4. The molecule has 2 fully saturated rings. The highest BCUT2D eigenvalue weighted by Crippen LogP contribution is 2.33. The topological polar surface area (TPSA) is 55.8 Å². The smallest absolute Gasteiger partial charge is 0.410 e. The molecule has 1 aromatic rings. The zero-order valence-electron chi connectivity index (χ0n) is 11.2. The van der Waals surface area contributed by atoms with Gasteiger partial charge in [-0.1, -0.05) is 30.3 Å². The third-order valence-electron chi connectivity index (χ3n) is 3.88. The largest absolute Gasteiger partial charge is 0.445 e. The number of carbonyl (C=O) groups excluding carboxylic acids is 2. The molecule has 106 valence electrons. The molecule has 2 aliphatic rings. The van der Waals surface area contributed by atoms with E-state index in [1.165, 1.54) is 0 Å². The van der Waals surface area contributed by atoms with Crippen LogP contribution in [0, 0.1) is 0 Å². The maximum Gasteiger partial charge on any atom is 0.410 e. The summed E-state index contributed by atoms with van der Waals surface area (Å²) < 4.78 is 10.6. The number of ketones is 1. The highest BCUT2D eigenvalue weighted by Gasteiger charge is 2.50. The molecule has 0 saturated carbocycles. The van der Waals surface area contributed by atoms with Gasteiger partial charge in [-0.15, -0.1) is 0 Å². The van der Waals surface area contributed by atoms with Crippen LogP contribution in [-0.4, -0.2) is 42.1 Å². The van der Waals surface area contributed by atoms with Crippen LogP contribution >= 0.6 is 0 Å². The van der Waals surface area contributed by atoms with Crippen molar-refractivity contribution in [2.45, 2.75) is 25.0 Å². The van der Waals surface area contributed by atoms with Gasteiger partial charge in [0.2, 0.25) is 0 Å². The molecule has 0 aliphatic carbocycles. The highest BCUT2D eigenvalue weighted by atomic mass is 16.6. The number of nitrogens with zero attached hydrogens (tertiary/aromatic N) is 1. The van der Waals surface area contributed by atoms with E-state index in [0.717, 1.165) is 5.56 Å². The van der Waals surface area contributed by atoms with Crippen molar-refractivity contribution >= 4 is 11.9 Å². The molecule has 0 bridgehead atoms. The minimum atomic E-state index is -0.455. The first-order chi connectivity index (χ1) is 9.70. The molecule has 1 amide bonds. The molecule has 5 heteroatoms. The van der Waals surface area contributed by atoms with E-state index >= 15 is 0 Å². The van der Waals surface area contributed by atoms with Gasteiger partial charge in [0.05, 0.1) is 18.8 Å². The number of hydrogen-bond acceptors (Lipinski definition) is 4. The Kier molecular flexibility index (Phi) is 3.44. The Labute approximate surface area is 117 Å². The van der Waals surface area contributed by atoms with E-state index in [2.05, 4.69) is 0 Å². The summed E-state index contributed by atoms with van der Waals surface area (Å²) in [4.78, 5) is 25.5. The van der Waals surface area contributed by atoms with E-state index in [4.69, 9.17) is 9.47 Å². The van der Waals surface area contributed by atoms with Crippen molar-refractivity contribution < 1.29 is 19.1 Å². The Balaban J connectivity index is 1.63. The zero-order valence-corrected chi connectivity index (χ0v) is 11.2. The molecule has 0 aromatic heterocycles. The van der Waals surface area contributed by atoms with Gasteiger partial charge in [-0.2, -0.15) is 0 Å². The first kappa shape index (κ1) is 13.1. The van der Waals surface area contributed by atoms with E-state index in [9.17, 15) is 9.59 Å². The molecule has 3 rings (SSSR count). The van der Waals surface area contributed by atoms with Crippen LogP contribution in [0.25, 0.3) is 0 Å². The van der Waals surface area contributed by atoms with Crippen molar-refractivity contribution in [1.29, 1.82) is 0 Å². The summed E-state index contributed by atoms with van der Waals surface area (Å²) in [6.45, 7) is 1.54. The third-order valence-corrected chi connectivity index (χ3v) is 3.88. The summed E-state index contributed by atoms with van der Waals surface area (Å²) >= 11 is 0. The van der Waals surface area contributed by atoms with Crippen molar-refractivity contribution in [2.75, 3.05) is 19.8 Å². The second-order valence-electron chi connectivity index (χ2n) is 5.37. The van der Waals surface area contributed by atoms with E-state index in [-0.39, 0.29) is 18.5 Å². The molecule has 1 spiro atoms. The number of rotatable bonds is 2. The van der Waals surface area contributed by atoms with Crippen molar-refractivity contribution in [2.24, 2.45) is 0 Å². The first-order valence-electron chi connectivity index (χ1n) is 6.77. The van der Waals surface area contributed by atoms with E-state index in [1.807, 2.05) is 30.3 Å². The zero-order chi connectivity index (χ0) is 14.0. The monoisotopic (exact) mass is 275 g/mol. The molecule has 0 unspecified atom stereocenters. The van der Waals surface area contributed by atoms with Crippen LogP contribution in [0.4, 0.5) is 4.79 Å². The summed E-state index contributed by atoms with van der Waals surface area (Å²) in [5, 5.41) is 0. The lowest BCUT2D eigenvalue weighted by Crippen LogP contribution is -2.67. The summed E-state index contributed by atoms with van der Waals surface area (Å²) in [7, 11) is 0. The molecule has 0 N–H and O–H groups in total. The predicted molar refractivity (Wildman–Crippen MR) is 71.1 cm³/mol. The average molecular weight is 275 g/mol. The fraction of sp³-hybridized carbons (Fsp3) is 0.467. The highest BCUT2D eigenvalue weighted by molar-refractivity contribution is 5.83. The van der Waals surface area contributed by atoms with Crippen LogP contribution in [0.2, 0.25) is 0 Å². The number of Topliss-reactive ketones (excluding diaryl/α,β-unsaturated/α-hetero) is 1. The number of amides is 1. The van der Waals surface area contributed by atoms with Gasteiger partial charge in [0.15, 0.2) is 0 Å². The number of carbonyl (C=O) groups is 2. The maximum atomic E-state index is 12.2. The lowest BCUT2D eigenvalue weighted by atomic mass is 9.84. The molecule has 1 aromatic carbocycles. The van der Waals surface area contributed by atoms with Crippen LogP contribution in [0.5, 0.6) is 0 Å². The summed E-state index contributed by atoms with van der Waals surface area (Å²) in [5.41, 5.74) is 0.496. The Bertz CT molecular complexity index is 510. The number of hydrogen-bond donors (Lipinski definition) is 0. The molecule has 2 aliphatic heterocycles. The van der Waals surface area contributed by atoms with E-state index in [1.54, 1.807) is 4.90 Å². The lowest BCUT2D eigenvalue weighted by Gasteiger charge is -2.50. The number of piperidine rings is 1. The Morgan fingerprint density at radius 3 is 2.70 bits per heavy atom. The standard InChI is InChI=1S/C15H17NO4/c17-13-6-7-16(15(8-13)10-19-11-15)14(18)20-9-12-4-2-1-3-5-12/h1-5H,6-11H2. The van der Waals surface area contributed by atoms with Crippen LogP contribution in [-0.2, 0) is 20.9 Å². The Morgan fingerprint density at radius 1 is 1.30 bits per heavy atom. The van der Waals surface area contributed by atoms with Crippen molar-refractivity contribution in [3.8, 4) is 0 Å². The van der Waals surface area contributed by atoms with Crippen LogP contribution < -0.4 is 0 Å². The Morgan fingerprint density at radius 2 is 2.05 bits per heavy atom. The van der Waals surface area contributed by atoms with Gasteiger partial charge in [-0.05, 0) is 5.56 Å². The van der Waals surface area contributed by atoms with Gasteiger partial charge >= 0.3 is 6.09 Å². The van der Waals surface area contributed by atoms with E-state index < -0.39 is 5.54 Å². The molecule has 2 heterocycles. The number of benzene rings is 1. The van der Waals surface area contributed by atoms with Crippen LogP contribution in [0.1, 0.15) is 18.4 Å². The van der Waals surface area contributed by atoms with Crippen molar-refractivity contribution in [1.82, 2.24) is 4.90 Å². The SMILES string of the molecule is O=C1CCN(C(=O)OCc2ccccc2)C2(COC2)C1. The third kappa shape index (κ3) is 2.41. The van der Waals surface area contributed by atoms with Gasteiger partial charge in [0, 0.05) is 19.4 Å². The molecule has 20 heavy (non-hydrogen) atoms. The van der Waals surface area contributed by atoms with Gasteiger partial charge in [-0.3, -0.25) is 9.69 Å². The minimum absolute atomic E-state index is 0.195. The second kappa shape index (κ2) is 5.25. The summed E-state index contributed by atoms with van der Waals surface area (Å²) in [5.74, 6) is 0.195. The van der Waals surface area contributed by atoms with Gasteiger partial charge in [0.1, 0.15) is 12.4 Å². The average Bonchev–Trinajstić information content (AvgIpc) is 2.44. The maximum absolute atomic E-state index is 12.2. The van der Waals surface area contributed by atoms with Crippen LogP contribution in [0.3, 0.4) is 0 Å². The van der Waals surface area contributed by atoms with Crippen LogP contribution in [0.15, 0.2) is 30.3 Å². The minimum Gasteiger partial charge on any atom is -0.445 e. The number of ether oxygens (including phenoxy) is 2. The molecule has 0 atom stereocenters. The molecule has 0 radical (unpaired) electrons. The van der Waals surface area contributed by atoms with Gasteiger partial charge in [0.25, 0.3) is 0 Å². The van der Waals surface area contributed by atoms with Crippen molar-refractivity contribution in [3.63, 3.8) is 0 Å². The molecule has 5 nitrogen and oxygen atoms in total. The lowest BCUT2D eigenvalue weighted by molar-refractivity contribution is -0.159. The normalized spacial score (nSPS) is 20.6. The summed E-state index contributed by atoms with van der Waals surface area (Å²) in [6, 6.07) is 9.56. The van der Waals surface area contributed by atoms with Gasteiger partial charge < -0.3 is 9.47 Å². The quantitative estimate of drug-likeness (QED) is 0.825. The van der Waals surface area contributed by atoms with Gasteiger partial charge in [-0.25, -0.2) is 4.79 Å². The Hall–Kier alpha value is -1.88.